The van der Waals surface area contributed by atoms with E-state index in [0.29, 0.717) is 13.0 Å². The van der Waals surface area contributed by atoms with Crippen LogP contribution >= 0.6 is 0 Å². The normalized spacial score (nSPS) is 14.0. The smallest absolute Gasteiger partial charge is 0.356 e. The molecular formula is C18H16F3N3O4. The van der Waals surface area contributed by atoms with Crippen molar-refractivity contribution >= 4 is 17.5 Å². The van der Waals surface area contributed by atoms with Crippen LogP contribution in [-0.2, 0) is 15.8 Å². The zero-order valence-corrected chi connectivity index (χ0v) is 14.6. The van der Waals surface area contributed by atoms with E-state index in [-0.39, 0.29) is 35.2 Å². The Hall–Kier alpha value is -3.04. The molecule has 10 heteroatoms. The van der Waals surface area contributed by atoms with E-state index in [1.54, 1.807) is 0 Å². The van der Waals surface area contributed by atoms with Crippen molar-refractivity contribution in [1.29, 1.82) is 0 Å². The number of hydrogen-bond acceptors (Lipinski definition) is 6. The van der Waals surface area contributed by atoms with E-state index < -0.39 is 23.6 Å². The lowest BCUT2D eigenvalue weighted by molar-refractivity contribution is -0.159. The summed E-state index contributed by atoms with van der Waals surface area (Å²) in [4.78, 5) is 38.8. The molecule has 0 bridgehead atoms. The van der Waals surface area contributed by atoms with Crippen LogP contribution in [0.1, 0.15) is 41.9 Å². The first-order valence-electron chi connectivity index (χ1n) is 8.62. The lowest BCUT2D eigenvalue weighted by Crippen LogP contribution is -2.26. The Labute approximate surface area is 157 Å². The molecule has 1 fully saturated rings. The minimum absolute atomic E-state index is 0.00862. The SMILES string of the molecule is O=C(CCCNC(=O)C1CC1)C(=O)c1ccc(-c2noc(C(F)(F)F)n2)cc1. The molecule has 1 aromatic heterocycles. The molecule has 1 aliphatic carbocycles. The summed E-state index contributed by atoms with van der Waals surface area (Å²) in [6.07, 6.45) is -2.62. The Morgan fingerprint density at radius 3 is 2.39 bits per heavy atom. The minimum atomic E-state index is -4.74. The number of alkyl halides is 3. The molecule has 148 valence electrons. The van der Waals surface area contributed by atoms with E-state index in [1.807, 2.05) is 0 Å². The fraction of sp³-hybridized carbons (Fsp3) is 0.389. The van der Waals surface area contributed by atoms with Crippen LogP contribution in [0.2, 0.25) is 0 Å². The van der Waals surface area contributed by atoms with Gasteiger partial charge in [0.05, 0.1) is 0 Å². The number of nitrogens with zero attached hydrogens (tertiary/aromatic N) is 2. The summed E-state index contributed by atoms with van der Waals surface area (Å²) < 4.78 is 41.6. The maximum Gasteiger partial charge on any atom is 0.471 e. The van der Waals surface area contributed by atoms with Crippen LogP contribution in [0.5, 0.6) is 0 Å². The second-order valence-corrected chi connectivity index (χ2v) is 6.42. The van der Waals surface area contributed by atoms with Gasteiger partial charge in [0.2, 0.25) is 23.3 Å². The molecule has 3 rings (SSSR count). The summed E-state index contributed by atoms with van der Waals surface area (Å²) in [6, 6.07) is 5.30. The molecular weight excluding hydrogens is 379 g/mol. The highest BCUT2D eigenvalue weighted by molar-refractivity contribution is 6.43. The van der Waals surface area contributed by atoms with Crippen molar-refractivity contribution in [1.82, 2.24) is 15.5 Å². The maximum absolute atomic E-state index is 12.5. The van der Waals surface area contributed by atoms with Crippen LogP contribution in [0.4, 0.5) is 13.2 Å². The number of rotatable bonds is 8. The highest BCUT2D eigenvalue weighted by Crippen LogP contribution is 2.29. The Bertz CT molecular complexity index is 886. The van der Waals surface area contributed by atoms with Crippen LogP contribution in [0, 0.1) is 5.92 Å². The van der Waals surface area contributed by atoms with Crippen molar-refractivity contribution in [2.24, 2.45) is 5.92 Å². The third-order valence-electron chi connectivity index (χ3n) is 4.16. The fourth-order valence-electron chi connectivity index (χ4n) is 2.45. The van der Waals surface area contributed by atoms with Gasteiger partial charge < -0.3 is 9.84 Å². The fourth-order valence-corrected chi connectivity index (χ4v) is 2.45. The van der Waals surface area contributed by atoms with Crippen molar-refractivity contribution in [3.63, 3.8) is 0 Å². The summed E-state index contributed by atoms with van der Waals surface area (Å²) in [5.41, 5.74) is 0.321. The molecule has 1 heterocycles. The van der Waals surface area contributed by atoms with Crippen LogP contribution < -0.4 is 5.32 Å². The maximum atomic E-state index is 12.5. The number of halogens is 3. The number of nitrogens with one attached hydrogen (secondary N) is 1. The van der Waals surface area contributed by atoms with Gasteiger partial charge >= 0.3 is 12.1 Å². The number of carbonyl (C=O) groups excluding carboxylic acids is 3. The molecule has 0 unspecified atom stereocenters. The Morgan fingerprint density at radius 2 is 1.82 bits per heavy atom. The number of aromatic nitrogens is 2. The number of amides is 1. The van der Waals surface area contributed by atoms with Gasteiger partial charge in [0.25, 0.3) is 0 Å². The zero-order chi connectivity index (χ0) is 20.3. The molecule has 0 spiro atoms. The van der Waals surface area contributed by atoms with Gasteiger partial charge in [-0.15, -0.1) is 0 Å². The average Bonchev–Trinajstić information content (AvgIpc) is 3.39. The third kappa shape index (κ3) is 4.81. The van der Waals surface area contributed by atoms with Gasteiger partial charge in [0, 0.05) is 30.0 Å². The lowest BCUT2D eigenvalue weighted by Gasteiger charge is -2.04. The average molecular weight is 395 g/mol. The number of hydrogen-bond donors (Lipinski definition) is 1. The molecule has 1 aromatic carbocycles. The highest BCUT2D eigenvalue weighted by Gasteiger charge is 2.38. The van der Waals surface area contributed by atoms with Gasteiger partial charge in [0.15, 0.2) is 0 Å². The second-order valence-electron chi connectivity index (χ2n) is 6.42. The summed E-state index contributed by atoms with van der Waals surface area (Å²) in [6.45, 7) is 0.326. The molecule has 2 aromatic rings. The molecule has 0 aliphatic heterocycles. The number of Topliss-reactive ketones (excluding diaryl/α,β-unsaturated/α-hetero) is 2. The highest BCUT2D eigenvalue weighted by atomic mass is 19.4. The van der Waals surface area contributed by atoms with E-state index in [1.165, 1.54) is 24.3 Å². The molecule has 0 saturated heterocycles. The molecule has 1 saturated carbocycles. The van der Waals surface area contributed by atoms with Crippen LogP contribution in [-0.4, -0.2) is 34.2 Å². The molecule has 28 heavy (non-hydrogen) atoms. The van der Waals surface area contributed by atoms with Crippen molar-refractivity contribution < 1.29 is 32.1 Å². The van der Waals surface area contributed by atoms with Gasteiger partial charge in [-0.25, -0.2) is 0 Å². The predicted molar refractivity (Wildman–Crippen MR) is 89.0 cm³/mol. The number of carbonyl (C=O) groups is 3. The van der Waals surface area contributed by atoms with Crippen LogP contribution in [0.25, 0.3) is 11.4 Å². The van der Waals surface area contributed by atoms with Crippen LogP contribution in [0.3, 0.4) is 0 Å². The molecule has 1 aliphatic rings. The lowest BCUT2D eigenvalue weighted by atomic mass is 10.0. The quantitative estimate of drug-likeness (QED) is 0.419. The van der Waals surface area contributed by atoms with Crippen molar-refractivity contribution in [2.45, 2.75) is 31.9 Å². The topological polar surface area (TPSA) is 102 Å². The van der Waals surface area contributed by atoms with E-state index in [0.717, 1.165) is 12.8 Å². The monoisotopic (exact) mass is 395 g/mol. The number of benzene rings is 1. The van der Waals surface area contributed by atoms with Gasteiger partial charge in [-0.2, -0.15) is 18.2 Å². The van der Waals surface area contributed by atoms with E-state index in [9.17, 15) is 27.6 Å². The standard InChI is InChI=1S/C18H16F3N3O4/c19-18(20,21)17-23-15(24-28-17)11-5-3-10(4-6-11)14(26)13(25)2-1-9-22-16(27)12-7-8-12/h3-6,12H,1-2,7-9H2,(H,22,27). The second kappa shape index (κ2) is 7.91. The van der Waals surface area contributed by atoms with Gasteiger partial charge in [0.1, 0.15) is 0 Å². The Morgan fingerprint density at radius 1 is 1.14 bits per heavy atom. The molecule has 0 radical (unpaired) electrons. The van der Waals surface area contributed by atoms with Crippen LogP contribution in [0.15, 0.2) is 28.8 Å². The summed E-state index contributed by atoms with van der Waals surface area (Å²) in [5, 5.41) is 5.96. The summed E-state index contributed by atoms with van der Waals surface area (Å²) in [7, 11) is 0. The molecule has 0 atom stereocenters. The molecule has 1 amide bonds. The molecule has 1 N–H and O–H groups in total. The van der Waals surface area contributed by atoms with Crippen molar-refractivity contribution in [3.8, 4) is 11.4 Å². The van der Waals surface area contributed by atoms with Crippen molar-refractivity contribution in [3.05, 3.63) is 35.7 Å². The van der Waals surface area contributed by atoms with Gasteiger partial charge in [-0.1, -0.05) is 29.4 Å². The number of ketones is 2. The van der Waals surface area contributed by atoms with Gasteiger partial charge in [-0.05, 0) is 19.3 Å². The van der Waals surface area contributed by atoms with E-state index >= 15 is 0 Å². The first-order chi connectivity index (χ1) is 13.3. The Balaban J connectivity index is 1.53. The van der Waals surface area contributed by atoms with E-state index in [2.05, 4.69) is 20.0 Å². The molecule has 7 nitrogen and oxygen atoms in total. The zero-order valence-electron chi connectivity index (χ0n) is 14.6. The predicted octanol–water partition coefficient (Wildman–Crippen LogP) is 2.81. The summed E-state index contributed by atoms with van der Waals surface area (Å²) >= 11 is 0. The first-order valence-corrected chi connectivity index (χ1v) is 8.62. The minimum Gasteiger partial charge on any atom is -0.356 e. The van der Waals surface area contributed by atoms with Gasteiger partial charge in [-0.3, -0.25) is 14.4 Å². The van der Waals surface area contributed by atoms with Crippen molar-refractivity contribution in [2.75, 3.05) is 6.54 Å². The largest absolute Gasteiger partial charge is 0.471 e. The van der Waals surface area contributed by atoms with E-state index in [4.69, 9.17) is 0 Å². The Kier molecular flexibility index (Phi) is 5.57. The first kappa shape index (κ1) is 19.7. The summed E-state index contributed by atoms with van der Waals surface area (Å²) in [5.74, 6) is -2.99. The third-order valence-corrected chi connectivity index (χ3v) is 4.16.